The van der Waals surface area contributed by atoms with Gasteiger partial charge < -0.3 is 9.47 Å². The summed E-state index contributed by atoms with van der Waals surface area (Å²) in [6, 6.07) is 5.14. The first-order valence-corrected chi connectivity index (χ1v) is 6.89. The molecule has 0 saturated carbocycles. The van der Waals surface area contributed by atoms with E-state index in [-0.39, 0.29) is 18.3 Å². The second kappa shape index (κ2) is 8.54. The van der Waals surface area contributed by atoms with Crippen LogP contribution in [0.5, 0.6) is 5.75 Å². The Labute approximate surface area is 122 Å². The smallest absolute Gasteiger partial charge is 0.419 e. The largest absolute Gasteiger partial charge is 0.493 e. The second-order valence-electron chi connectivity index (χ2n) is 4.46. The molecule has 3 nitrogen and oxygen atoms in total. The number of hydrogen-bond donors (Lipinski definition) is 0. The summed E-state index contributed by atoms with van der Waals surface area (Å²) in [6.45, 7) is 2.29. The molecule has 0 spiro atoms. The normalized spacial score (nSPS) is 11.2. The first-order chi connectivity index (χ1) is 9.95. The molecule has 1 aromatic rings. The molecule has 0 amide bonds. The third-order valence-electron chi connectivity index (χ3n) is 2.78. The number of halogens is 3. The first-order valence-electron chi connectivity index (χ1n) is 6.89. The van der Waals surface area contributed by atoms with Crippen LogP contribution in [0.1, 0.15) is 38.2 Å². The molecule has 0 aromatic heterocycles. The van der Waals surface area contributed by atoms with Crippen LogP contribution in [0.25, 0.3) is 0 Å². The predicted octanol–water partition coefficient (Wildman–Crippen LogP) is 4.21. The molecule has 1 aromatic carbocycles. The minimum Gasteiger partial charge on any atom is -0.493 e. The van der Waals surface area contributed by atoms with E-state index in [0.29, 0.717) is 32.3 Å². The minimum atomic E-state index is -4.42. The quantitative estimate of drug-likeness (QED) is 0.533. The second-order valence-corrected chi connectivity index (χ2v) is 4.46. The molecule has 21 heavy (non-hydrogen) atoms. The van der Waals surface area contributed by atoms with Crippen molar-refractivity contribution in [2.24, 2.45) is 0 Å². The molecule has 0 aliphatic heterocycles. The Kier molecular flexibility index (Phi) is 7.05. The molecular formula is C15H19F3O3. The van der Waals surface area contributed by atoms with Gasteiger partial charge in [-0.3, -0.25) is 4.79 Å². The molecule has 6 heteroatoms. The molecule has 0 bridgehead atoms. The Hall–Kier alpha value is -1.72. The van der Waals surface area contributed by atoms with Crippen molar-refractivity contribution >= 4 is 5.97 Å². The fourth-order valence-electron chi connectivity index (χ4n) is 1.79. The zero-order valence-electron chi connectivity index (χ0n) is 11.9. The summed E-state index contributed by atoms with van der Waals surface area (Å²) in [6.07, 6.45) is -2.16. The van der Waals surface area contributed by atoms with Crippen LogP contribution in [-0.4, -0.2) is 19.2 Å². The van der Waals surface area contributed by atoms with E-state index in [1.165, 1.54) is 18.2 Å². The third kappa shape index (κ3) is 6.51. The molecule has 0 N–H and O–H groups in total. The van der Waals surface area contributed by atoms with Crippen molar-refractivity contribution in [3.8, 4) is 5.75 Å². The van der Waals surface area contributed by atoms with Gasteiger partial charge >= 0.3 is 12.1 Å². The van der Waals surface area contributed by atoms with E-state index in [4.69, 9.17) is 9.47 Å². The van der Waals surface area contributed by atoms with Gasteiger partial charge in [0, 0.05) is 6.42 Å². The van der Waals surface area contributed by atoms with Gasteiger partial charge in [0.15, 0.2) is 0 Å². The predicted molar refractivity (Wildman–Crippen MR) is 72.0 cm³/mol. The molecule has 0 saturated heterocycles. The summed E-state index contributed by atoms with van der Waals surface area (Å²) >= 11 is 0. The van der Waals surface area contributed by atoms with Gasteiger partial charge in [-0.1, -0.05) is 12.1 Å². The molecule has 118 valence electrons. The lowest BCUT2D eigenvalue weighted by atomic mass is 10.2. The average Bonchev–Trinajstić information content (AvgIpc) is 2.42. The number of hydrogen-bond acceptors (Lipinski definition) is 3. The summed E-state index contributed by atoms with van der Waals surface area (Å²) in [7, 11) is 0. The van der Waals surface area contributed by atoms with Gasteiger partial charge in [0.25, 0.3) is 0 Å². The summed E-state index contributed by atoms with van der Waals surface area (Å²) < 4.78 is 48.1. The molecule has 0 radical (unpaired) electrons. The number of rotatable bonds is 8. The maximum atomic E-state index is 12.7. The molecule has 0 fully saturated rings. The van der Waals surface area contributed by atoms with Crippen molar-refractivity contribution in [1.82, 2.24) is 0 Å². The number of benzene rings is 1. The van der Waals surface area contributed by atoms with Gasteiger partial charge in [-0.05, 0) is 38.3 Å². The van der Waals surface area contributed by atoms with Crippen molar-refractivity contribution in [2.75, 3.05) is 13.2 Å². The molecule has 0 heterocycles. The van der Waals surface area contributed by atoms with E-state index in [1.807, 2.05) is 0 Å². The summed E-state index contributed by atoms with van der Waals surface area (Å²) in [5.41, 5.74) is -0.767. The Morgan fingerprint density at radius 2 is 1.86 bits per heavy atom. The molecule has 0 unspecified atom stereocenters. The number of ether oxygens (including phenoxy) is 2. The number of alkyl halides is 3. The van der Waals surface area contributed by atoms with E-state index in [1.54, 1.807) is 6.92 Å². The maximum Gasteiger partial charge on any atom is 0.419 e. The standard InChI is InChI=1S/C15H19F3O3/c1-2-20-14(19)10-4-3-7-11-21-13-9-6-5-8-12(13)15(16,17)18/h5-6,8-9H,2-4,7,10-11H2,1H3. The van der Waals surface area contributed by atoms with Crippen LogP contribution in [0.3, 0.4) is 0 Å². The fraction of sp³-hybridized carbons (Fsp3) is 0.533. The summed E-state index contributed by atoms with van der Waals surface area (Å²) in [4.78, 5) is 11.1. The zero-order chi connectivity index (χ0) is 15.7. The SMILES string of the molecule is CCOC(=O)CCCCCOc1ccccc1C(F)(F)F. The van der Waals surface area contributed by atoms with Crippen molar-refractivity contribution in [3.63, 3.8) is 0 Å². The lowest BCUT2D eigenvalue weighted by Gasteiger charge is -2.13. The zero-order valence-corrected chi connectivity index (χ0v) is 11.9. The lowest BCUT2D eigenvalue weighted by Crippen LogP contribution is -2.09. The first kappa shape index (κ1) is 17.3. The van der Waals surface area contributed by atoms with Gasteiger partial charge in [0.05, 0.1) is 18.8 Å². The lowest BCUT2D eigenvalue weighted by molar-refractivity contribution is -0.143. The Balaban J connectivity index is 2.29. The van der Waals surface area contributed by atoms with Crippen LogP contribution in [0.4, 0.5) is 13.2 Å². The molecule has 0 aliphatic rings. The summed E-state index contributed by atoms with van der Waals surface area (Å²) in [5, 5.41) is 0. The molecule has 1 rings (SSSR count). The van der Waals surface area contributed by atoms with E-state index < -0.39 is 11.7 Å². The van der Waals surface area contributed by atoms with Crippen LogP contribution in [0.15, 0.2) is 24.3 Å². The number of carbonyl (C=O) groups is 1. The van der Waals surface area contributed by atoms with Crippen molar-refractivity contribution < 1.29 is 27.4 Å². The topological polar surface area (TPSA) is 35.5 Å². The molecular weight excluding hydrogens is 285 g/mol. The monoisotopic (exact) mass is 304 g/mol. The average molecular weight is 304 g/mol. The van der Waals surface area contributed by atoms with Gasteiger partial charge in [-0.25, -0.2) is 0 Å². The number of para-hydroxylation sites is 1. The third-order valence-corrected chi connectivity index (χ3v) is 2.78. The van der Waals surface area contributed by atoms with Crippen LogP contribution < -0.4 is 4.74 Å². The van der Waals surface area contributed by atoms with Gasteiger partial charge in [0.1, 0.15) is 5.75 Å². The maximum absolute atomic E-state index is 12.7. The van der Waals surface area contributed by atoms with E-state index >= 15 is 0 Å². The number of unbranched alkanes of at least 4 members (excludes halogenated alkanes) is 2. The minimum absolute atomic E-state index is 0.157. The Bertz CT molecular complexity index is 444. The number of esters is 1. The van der Waals surface area contributed by atoms with Crippen molar-refractivity contribution in [2.45, 2.75) is 38.8 Å². The number of carbonyl (C=O) groups excluding carboxylic acids is 1. The summed E-state index contributed by atoms with van der Waals surface area (Å²) in [5.74, 6) is -0.406. The van der Waals surface area contributed by atoms with E-state index in [0.717, 1.165) is 6.07 Å². The van der Waals surface area contributed by atoms with Crippen LogP contribution in [0, 0.1) is 0 Å². The van der Waals surface area contributed by atoms with Crippen LogP contribution in [-0.2, 0) is 15.7 Å². The van der Waals surface area contributed by atoms with E-state index in [9.17, 15) is 18.0 Å². The highest BCUT2D eigenvalue weighted by Crippen LogP contribution is 2.35. The van der Waals surface area contributed by atoms with Crippen molar-refractivity contribution in [3.05, 3.63) is 29.8 Å². The highest BCUT2D eigenvalue weighted by molar-refractivity contribution is 5.69. The van der Waals surface area contributed by atoms with Crippen molar-refractivity contribution in [1.29, 1.82) is 0 Å². The Morgan fingerprint density at radius 3 is 2.52 bits per heavy atom. The van der Waals surface area contributed by atoms with Crippen LogP contribution >= 0.6 is 0 Å². The highest BCUT2D eigenvalue weighted by Gasteiger charge is 2.33. The van der Waals surface area contributed by atoms with Gasteiger partial charge in [0.2, 0.25) is 0 Å². The van der Waals surface area contributed by atoms with Crippen LogP contribution in [0.2, 0.25) is 0 Å². The van der Waals surface area contributed by atoms with E-state index in [2.05, 4.69) is 0 Å². The van der Waals surface area contributed by atoms with Gasteiger partial charge in [-0.2, -0.15) is 13.2 Å². The molecule has 0 atom stereocenters. The fourth-order valence-corrected chi connectivity index (χ4v) is 1.79. The van der Waals surface area contributed by atoms with Gasteiger partial charge in [-0.15, -0.1) is 0 Å². The Morgan fingerprint density at radius 1 is 1.14 bits per heavy atom. The molecule has 0 aliphatic carbocycles. The highest BCUT2D eigenvalue weighted by atomic mass is 19.4.